The number of furan rings is 1. The van der Waals surface area contributed by atoms with Gasteiger partial charge in [-0.1, -0.05) is 12.1 Å². The zero-order valence-electron chi connectivity index (χ0n) is 18.3. The van der Waals surface area contributed by atoms with Gasteiger partial charge in [0, 0.05) is 40.2 Å². The van der Waals surface area contributed by atoms with Gasteiger partial charge in [-0.05, 0) is 33.2 Å². The van der Waals surface area contributed by atoms with Crippen LogP contribution in [0.2, 0.25) is 0 Å². The van der Waals surface area contributed by atoms with E-state index in [0.717, 1.165) is 16.6 Å². The second-order valence-electron chi connectivity index (χ2n) is 5.91. The van der Waals surface area contributed by atoms with E-state index >= 15 is 0 Å². The molecule has 3 aromatic rings. The van der Waals surface area contributed by atoms with E-state index < -0.39 is 12.9 Å². The molecule has 0 fully saturated rings. The molecule has 1 aromatic carbocycles. The first kappa shape index (κ1) is 11.6. The van der Waals surface area contributed by atoms with Crippen molar-refractivity contribution in [2.24, 2.45) is 4.99 Å². The van der Waals surface area contributed by atoms with E-state index in [2.05, 4.69) is 15.0 Å². The van der Waals surface area contributed by atoms with Crippen molar-refractivity contribution in [3.8, 4) is 0 Å². The number of aromatic nitrogens is 2. The monoisotopic (exact) mass is 339 g/mol. The lowest BCUT2D eigenvalue weighted by molar-refractivity contribution is 0.624. The zero-order chi connectivity index (χ0) is 21.0. The molecular formula is C19H21N5O. The second-order valence-corrected chi connectivity index (χ2v) is 5.91. The molecule has 0 aliphatic carbocycles. The molecule has 0 spiro atoms. The molecule has 4 rings (SSSR count). The fourth-order valence-electron chi connectivity index (χ4n) is 3.12. The van der Waals surface area contributed by atoms with Crippen molar-refractivity contribution in [1.82, 2.24) is 9.97 Å². The maximum absolute atomic E-state index is 8.56. The largest absolute Gasteiger partial charge is 0.436 e. The standard InChI is InChI=1S/C19H21N5O/c1-5-20-15-10-14-7-6-13(4)16(17(14)25-15)24-11-23(12(2)3)18-19(24)22-9-8-21-18/h5-10,12H,11H2,1-4H3/i2D3,12D. The molecule has 2 aromatic heterocycles. The van der Waals surface area contributed by atoms with Crippen LogP contribution in [0.25, 0.3) is 11.0 Å². The lowest BCUT2D eigenvalue weighted by atomic mass is 10.1. The highest BCUT2D eigenvalue weighted by molar-refractivity contribution is 5.97. The van der Waals surface area contributed by atoms with Crippen LogP contribution >= 0.6 is 0 Å². The Balaban J connectivity index is 1.90. The Kier molecular flexibility index (Phi) is 2.73. The van der Waals surface area contributed by atoms with Gasteiger partial charge in [0.05, 0.1) is 13.7 Å². The van der Waals surface area contributed by atoms with Gasteiger partial charge in [0.25, 0.3) is 0 Å². The predicted molar refractivity (Wildman–Crippen MR) is 101 cm³/mol. The third-order valence-corrected chi connectivity index (χ3v) is 4.23. The van der Waals surface area contributed by atoms with Crippen molar-refractivity contribution in [2.75, 3.05) is 16.5 Å². The Morgan fingerprint density at radius 3 is 2.92 bits per heavy atom. The average Bonchev–Trinajstić information content (AvgIpc) is 3.23. The highest BCUT2D eigenvalue weighted by Crippen LogP contribution is 2.43. The van der Waals surface area contributed by atoms with Gasteiger partial charge in [0.2, 0.25) is 5.88 Å². The summed E-state index contributed by atoms with van der Waals surface area (Å²) in [5.41, 5.74) is 2.31. The summed E-state index contributed by atoms with van der Waals surface area (Å²) in [5.74, 6) is 1.33. The summed E-state index contributed by atoms with van der Waals surface area (Å²) in [5, 5.41) is 0.875. The maximum atomic E-state index is 8.56. The highest BCUT2D eigenvalue weighted by atomic mass is 16.3. The van der Waals surface area contributed by atoms with E-state index in [1.165, 1.54) is 18.0 Å². The molecular weight excluding hydrogens is 314 g/mol. The Morgan fingerprint density at radius 2 is 2.16 bits per heavy atom. The predicted octanol–water partition coefficient (Wildman–Crippen LogP) is 4.58. The molecule has 6 nitrogen and oxygen atoms in total. The van der Waals surface area contributed by atoms with Gasteiger partial charge in [-0.25, -0.2) is 15.0 Å². The molecule has 0 saturated carbocycles. The molecule has 1 aliphatic heterocycles. The fraction of sp³-hybridized carbons (Fsp3) is 0.316. The SMILES string of the molecule is [2H]C([2H])([2H])C([2H])(C)N1CN(c2c(C)ccc3cc(N=CC)oc23)c2nccnc21. The highest BCUT2D eigenvalue weighted by Gasteiger charge is 2.33. The van der Waals surface area contributed by atoms with E-state index in [9.17, 15) is 0 Å². The van der Waals surface area contributed by atoms with E-state index in [1.807, 2.05) is 36.9 Å². The quantitative estimate of drug-likeness (QED) is 0.654. The molecule has 0 radical (unpaired) electrons. The molecule has 1 atom stereocenters. The molecule has 1 unspecified atom stereocenters. The number of benzene rings is 1. The lowest BCUT2D eigenvalue weighted by Crippen LogP contribution is -2.34. The zero-order valence-corrected chi connectivity index (χ0v) is 14.3. The Bertz CT molecular complexity index is 1110. The van der Waals surface area contributed by atoms with Crippen LogP contribution < -0.4 is 9.80 Å². The number of nitrogens with zero attached hydrogens (tertiary/aromatic N) is 5. The third-order valence-electron chi connectivity index (χ3n) is 4.23. The minimum absolute atomic E-state index is 0.116. The summed E-state index contributed by atoms with van der Waals surface area (Å²) in [4.78, 5) is 16.3. The van der Waals surface area contributed by atoms with Crippen LogP contribution in [0.3, 0.4) is 0 Å². The molecule has 0 amide bonds. The van der Waals surface area contributed by atoms with E-state index in [1.54, 1.807) is 12.4 Å². The molecule has 3 heterocycles. The van der Waals surface area contributed by atoms with E-state index in [0.29, 0.717) is 23.1 Å². The van der Waals surface area contributed by atoms with Crippen molar-refractivity contribution >= 4 is 40.4 Å². The molecule has 128 valence electrons. The van der Waals surface area contributed by atoms with Crippen LogP contribution in [0.1, 0.15) is 31.7 Å². The Morgan fingerprint density at radius 1 is 1.36 bits per heavy atom. The van der Waals surface area contributed by atoms with Crippen LogP contribution in [-0.4, -0.2) is 28.9 Å². The molecule has 25 heavy (non-hydrogen) atoms. The van der Waals surface area contributed by atoms with E-state index in [-0.39, 0.29) is 6.67 Å². The Labute approximate surface area is 152 Å². The summed E-state index contributed by atoms with van der Waals surface area (Å²) in [6, 6.07) is 3.89. The average molecular weight is 339 g/mol. The first-order valence-corrected chi connectivity index (χ1v) is 8.03. The number of rotatable bonds is 3. The van der Waals surface area contributed by atoms with Gasteiger partial charge in [-0.15, -0.1) is 0 Å². The topological polar surface area (TPSA) is 57.8 Å². The molecule has 1 aliphatic rings. The number of fused-ring (bicyclic) bond motifs is 2. The van der Waals surface area contributed by atoms with Gasteiger partial charge in [-0.2, -0.15) is 0 Å². The van der Waals surface area contributed by atoms with Crippen LogP contribution in [-0.2, 0) is 0 Å². The first-order chi connectivity index (χ1) is 13.6. The fourth-order valence-corrected chi connectivity index (χ4v) is 3.12. The minimum atomic E-state index is -2.54. The number of hydrogen-bond donors (Lipinski definition) is 0. The van der Waals surface area contributed by atoms with Crippen LogP contribution in [0.5, 0.6) is 0 Å². The normalized spacial score (nSPS) is 19.5. The van der Waals surface area contributed by atoms with Crippen molar-refractivity contribution in [3.05, 3.63) is 36.2 Å². The third kappa shape index (κ3) is 2.45. The minimum Gasteiger partial charge on any atom is -0.436 e. The number of aliphatic imine (C=N–C) groups is 1. The molecule has 0 bridgehead atoms. The summed E-state index contributed by atoms with van der Waals surface area (Å²) in [6.07, 6.45) is 4.71. The van der Waals surface area contributed by atoms with Crippen LogP contribution in [0, 0.1) is 6.92 Å². The lowest BCUT2D eigenvalue weighted by Gasteiger charge is -2.24. The van der Waals surface area contributed by atoms with Gasteiger partial charge in [0.1, 0.15) is 0 Å². The number of hydrogen-bond acceptors (Lipinski definition) is 6. The van der Waals surface area contributed by atoms with Gasteiger partial charge in [-0.3, -0.25) is 0 Å². The maximum Gasteiger partial charge on any atom is 0.219 e. The second kappa shape index (κ2) is 5.88. The Hall–Kier alpha value is -2.89. The van der Waals surface area contributed by atoms with E-state index in [4.69, 9.17) is 9.90 Å². The molecule has 0 saturated heterocycles. The van der Waals surface area contributed by atoms with Crippen molar-refractivity contribution in [2.45, 2.75) is 33.6 Å². The number of anilines is 3. The van der Waals surface area contributed by atoms with Gasteiger partial charge in [0.15, 0.2) is 17.2 Å². The summed E-state index contributed by atoms with van der Waals surface area (Å²) in [7, 11) is 0. The summed E-state index contributed by atoms with van der Waals surface area (Å²) >= 11 is 0. The van der Waals surface area contributed by atoms with Crippen molar-refractivity contribution in [1.29, 1.82) is 0 Å². The van der Waals surface area contributed by atoms with Gasteiger partial charge >= 0.3 is 0 Å². The van der Waals surface area contributed by atoms with Crippen molar-refractivity contribution < 1.29 is 9.90 Å². The summed E-state index contributed by atoms with van der Waals surface area (Å²) in [6.45, 7) is 2.71. The summed E-state index contributed by atoms with van der Waals surface area (Å²) < 4.78 is 38.0. The smallest absolute Gasteiger partial charge is 0.219 e. The molecule has 0 N–H and O–H groups in total. The van der Waals surface area contributed by atoms with Crippen molar-refractivity contribution in [3.63, 3.8) is 0 Å². The van der Waals surface area contributed by atoms with Crippen LogP contribution in [0.15, 0.2) is 40.0 Å². The van der Waals surface area contributed by atoms with Gasteiger partial charge < -0.3 is 14.2 Å². The van der Waals surface area contributed by atoms with Crippen LogP contribution in [0.4, 0.5) is 23.2 Å². The molecule has 6 heteroatoms. The first-order valence-electron chi connectivity index (χ1n) is 10.0. The number of aryl methyl sites for hydroxylation is 1.